The van der Waals surface area contributed by atoms with E-state index in [9.17, 15) is 4.79 Å². The molecule has 3 heterocycles. The highest BCUT2D eigenvalue weighted by atomic mass is 16.2. The van der Waals surface area contributed by atoms with Crippen LogP contribution >= 0.6 is 0 Å². The second-order valence-corrected chi connectivity index (χ2v) is 9.34. The molecule has 0 bridgehead atoms. The fourth-order valence-electron chi connectivity index (χ4n) is 5.20. The van der Waals surface area contributed by atoms with Crippen molar-refractivity contribution in [1.29, 1.82) is 0 Å². The van der Waals surface area contributed by atoms with Crippen LogP contribution in [-0.4, -0.2) is 46.4 Å². The Morgan fingerprint density at radius 2 is 1.53 bits per heavy atom. The van der Waals surface area contributed by atoms with E-state index in [4.69, 9.17) is 4.98 Å². The summed E-state index contributed by atoms with van der Waals surface area (Å²) in [5, 5.41) is 0. The Morgan fingerprint density at radius 1 is 0.853 bits per heavy atom. The summed E-state index contributed by atoms with van der Waals surface area (Å²) >= 11 is 0. The number of carbonyl (C=O) groups is 1. The molecule has 0 aliphatic carbocycles. The Labute approximate surface area is 201 Å². The number of fused-ring (bicyclic) bond motifs is 1. The number of para-hydroxylation sites is 1. The van der Waals surface area contributed by atoms with Crippen LogP contribution in [0.4, 0.5) is 5.69 Å². The van der Waals surface area contributed by atoms with Crippen molar-refractivity contribution in [3.63, 3.8) is 0 Å². The summed E-state index contributed by atoms with van der Waals surface area (Å²) < 4.78 is 2.15. The third kappa shape index (κ3) is 4.18. The van der Waals surface area contributed by atoms with E-state index >= 15 is 0 Å². The number of benzene rings is 2. The first kappa shape index (κ1) is 22.2. The first-order valence-corrected chi connectivity index (χ1v) is 12.1. The summed E-state index contributed by atoms with van der Waals surface area (Å²) in [5.74, 6) is 0.167. The Bertz CT molecular complexity index is 1320. The second-order valence-electron chi connectivity index (χ2n) is 9.34. The number of rotatable bonds is 5. The zero-order valence-corrected chi connectivity index (χ0v) is 20.2. The van der Waals surface area contributed by atoms with Gasteiger partial charge in [-0.25, -0.2) is 4.98 Å². The minimum atomic E-state index is -0.0418. The molecule has 0 radical (unpaired) electrons. The summed E-state index contributed by atoms with van der Waals surface area (Å²) in [6.07, 6.45) is 4.45. The zero-order chi connectivity index (χ0) is 23.7. The lowest BCUT2D eigenvalue weighted by atomic mass is 9.89. The smallest absolute Gasteiger partial charge is 0.223 e. The summed E-state index contributed by atoms with van der Waals surface area (Å²) in [6.45, 7) is 9.58. The van der Waals surface area contributed by atoms with E-state index in [1.165, 1.54) is 22.4 Å². The molecule has 34 heavy (non-hydrogen) atoms. The van der Waals surface area contributed by atoms with Crippen molar-refractivity contribution in [3.8, 4) is 0 Å². The molecule has 1 unspecified atom stereocenters. The number of pyridine rings is 1. The molecule has 0 saturated carbocycles. The van der Waals surface area contributed by atoms with Crippen LogP contribution in [0, 0.1) is 20.8 Å². The van der Waals surface area contributed by atoms with Crippen molar-refractivity contribution >= 4 is 17.2 Å². The highest BCUT2D eigenvalue weighted by molar-refractivity contribution is 5.78. The van der Waals surface area contributed by atoms with Gasteiger partial charge in [0.2, 0.25) is 5.91 Å². The van der Waals surface area contributed by atoms with Crippen LogP contribution in [0.2, 0.25) is 0 Å². The Morgan fingerprint density at radius 3 is 2.26 bits per heavy atom. The number of carbonyl (C=O) groups excluding carboxylic acids is 1. The van der Waals surface area contributed by atoms with Gasteiger partial charge in [0.1, 0.15) is 5.65 Å². The summed E-state index contributed by atoms with van der Waals surface area (Å²) in [4.78, 5) is 22.7. The second kappa shape index (κ2) is 9.34. The fraction of sp³-hybridized carbons (Fsp3) is 0.310. The molecular weight excluding hydrogens is 420 g/mol. The van der Waals surface area contributed by atoms with Gasteiger partial charge in [-0.05, 0) is 55.2 Å². The van der Waals surface area contributed by atoms with Gasteiger partial charge in [0, 0.05) is 56.6 Å². The minimum absolute atomic E-state index is 0.0418. The quantitative estimate of drug-likeness (QED) is 0.421. The number of amides is 1. The number of piperazine rings is 1. The molecule has 174 valence electrons. The molecule has 1 amide bonds. The third-order valence-corrected chi connectivity index (χ3v) is 7.15. The lowest BCUT2D eigenvalue weighted by molar-refractivity contribution is -0.131. The Kier molecular flexibility index (Phi) is 6.10. The van der Waals surface area contributed by atoms with Gasteiger partial charge in [-0.1, -0.05) is 48.5 Å². The van der Waals surface area contributed by atoms with E-state index in [1.807, 2.05) is 11.1 Å². The number of hydrogen-bond acceptors (Lipinski definition) is 3. The molecular formula is C29H32N4O. The molecule has 1 aliphatic rings. The Hall–Kier alpha value is -3.60. The predicted molar refractivity (Wildman–Crippen MR) is 138 cm³/mol. The summed E-state index contributed by atoms with van der Waals surface area (Å²) in [5.41, 5.74) is 8.11. The van der Waals surface area contributed by atoms with Crippen LogP contribution in [0.25, 0.3) is 5.65 Å². The molecule has 2 aromatic carbocycles. The van der Waals surface area contributed by atoms with E-state index < -0.39 is 0 Å². The fourth-order valence-corrected chi connectivity index (χ4v) is 5.20. The summed E-state index contributed by atoms with van der Waals surface area (Å²) in [7, 11) is 0. The lowest BCUT2D eigenvalue weighted by Gasteiger charge is -2.37. The third-order valence-electron chi connectivity index (χ3n) is 7.15. The predicted octanol–water partition coefficient (Wildman–Crippen LogP) is 5.13. The van der Waals surface area contributed by atoms with Gasteiger partial charge in [-0.2, -0.15) is 0 Å². The monoisotopic (exact) mass is 452 g/mol. The van der Waals surface area contributed by atoms with Gasteiger partial charge >= 0.3 is 0 Å². The van der Waals surface area contributed by atoms with Gasteiger partial charge in [0.15, 0.2) is 0 Å². The van der Waals surface area contributed by atoms with Gasteiger partial charge in [0.05, 0.1) is 5.69 Å². The topological polar surface area (TPSA) is 40.9 Å². The van der Waals surface area contributed by atoms with Crippen molar-refractivity contribution < 1.29 is 4.79 Å². The minimum Gasteiger partial charge on any atom is -0.368 e. The van der Waals surface area contributed by atoms with Crippen LogP contribution in [0.5, 0.6) is 0 Å². The molecule has 1 saturated heterocycles. The zero-order valence-electron chi connectivity index (χ0n) is 20.2. The number of anilines is 1. The number of imidazole rings is 1. The van der Waals surface area contributed by atoms with Gasteiger partial charge in [0.25, 0.3) is 0 Å². The first-order valence-electron chi connectivity index (χ1n) is 12.1. The van der Waals surface area contributed by atoms with E-state index in [2.05, 4.69) is 96.9 Å². The maximum absolute atomic E-state index is 13.6. The average Bonchev–Trinajstić information content (AvgIpc) is 3.29. The first-order chi connectivity index (χ1) is 16.5. The Balaban J connectivity index is 1.39. The van der Waals surface area contributed by atoms with Crippen molar-refractivity contribution in [2.45, 2.75) is 33.1 Å². The normalized spacial score (nSPS) is 15.0. The van der Waals surface area contributed by atoms with E-state index in [-0.39, 0.29) is 11.8 Å². The number of aromatic nitrogens is 2. The van der Waals surface area contributed by atoms with Crippen molar-refractivity contribution in [2.75, 3.05) is 31.1 Å². The summed E-state index contributed by atoms with van der Waals surface area (Å²) in [6, 6.07) is 21.0. The van der Waals surface area contributed by atoms with E-state index in [1.54, 1.807) is 0 Å². The maximum atomic E-state index is 13.6. The molecule has 1 fully saturated rings. The van der Waals surface area contributed by atoms with Crippen molar-refractivity contribution in [1.82, 2.24) is 14.3 Å². The van der Waals surface area contributed by atoms with Gasteiger partial charge in [-0.3, -0.25) is 4.79 Å². The number of nitrogens with zero attached hydrogens (tertiary/aromatic N) is 4. The van der Waals surface area contributed by atoms with E-state index in [0.717, 1.165) is 43.1 Å². The van der Waals surface area contributed by atoms with E-state index in [0.29, 0.717) is 6.42 Å². The molecule has 5 nitrogen and oxygen atoms in total. The molecule has 0 spiro atoms. The molecule has 5 rings (SSSR count). The molecule has 1 atom stereocenters. The highest BCUT2D eigenvalue weighted by Crippen LogP contribution is 2.32. The average molecular weight is 453 g/mol. The maximum Gasteiger partial charge on any atom is 0.223 e. The molecule has 5 heteroatoms. The van der Waals surface area contributed by atoms with Crippen molar-refractivity contribution in [3.05, 3.63) is 101 Å². The molecule has 2 aromatic heterocycles. The van der Waals surface area contributed by atoms with Crippen molar-refractivity contribution in [2.24, 2.45) is 0 Å². The van der Waals surface area contributed by atoms with Gasteiger partial charge in [-0.15, -0.1) is 0 Å². The largest absolute Gasteiger partial charge is 0.368 e. The van der Waals surface area contributed by atoms with Crippen LogP contribution in [0.3, 0.4) is 0 Å². The van der Waals surface area contributed by atoms with Crippen LogP contribution in [0.1, 0.15) is 40.3 Å². The van der Waals surface area contributed by atoms with Crippen LogP contribution < -0.4 is 4.90 Å². The standard InChI is InChI=1S/C29H32N4O/c1-21-9-4-6-12-24(21)25(27-20-30-29-23(3)11-8-14-33(27)29)19-28(34)32-17-15-31(16-18-32)26-13-7-5-10-22(26)2/h4-14,20,25H,15-19H2,1-3H3. The number of hydrogen-bond donors (Lipinski definition) is 0. The molecule has 1 aliphatic heterocycles. The number of aryl methyl sites for hydroxylation is 3. The SMILES string of the molecule is Cc1ccccc1C(CC(=O)N1CCN(c2ccccc2C)CC1)c1cnc2c(C)cccn12. The van der Waals surface area contributed by atoms with Gasteiger partial charge < -0.3 is 14.2 Å². The molecule has 4 aromatic rings. The van der Waals surface area contributed by atoms with Crippen LogP contribution in [0.15, 0.2) is 73.1 Å². The highest BCUT2D eigenvalue weighted by Gasteiger charge is 2.28. The van der Waals surface area contributed by atoms with Crippen LogP contribution in [-0.2, 0) is 4.79 Å². The molecule has 0 N–H and O–H groups in total. The lowest BCUT2D eigenvalue weighted by Crippen LogP contribution is -2.49.